The van der Waals surface area contributed by atoms with E-state index < -0.39 is 0 Å². The SMILES string of the molecule is NCCOCCOCC[C]=O. The van der Waals surface area contributed by atoms with Crippen LogP contribution in [0.1, 0.15) is 6.42 Å². The van der Waals surface area contributed by atoms with Gasteiger partial charge in [-0.2, -0.15) is 0 Å². The van der Waals surface area contributed by atoms with Gasteiger partial charge in [0.1, 0.15) is 0 Å². The lowest BCUT2D eigenvalue weighted by molar-refractivity contribution is 0.0534. The van der Waals surface area contributed by atoms with Gasteiger partial charge in [0.2, 0.25) is 6.29 Å². The Morgan fingerprint density at radius 1 is 1.09 bits per heavy atom. The molecule has 0 fully saturated rings. The highest BCUT2D eigenvalue weighted by Crippen LogP contribution is 1.79. The summed E-state index contributed by atoms with van der Waals surface area (Å²) in [6.07, 6.45) is 2.06. The largest absolute Gasteiger partial charge is 0.379 e. The molecule has 4 nitrogen and oxygen atoms in total. The van der Waals surface area contributed by atoms with Gasteiger partial charge < -0.3 is 15.2 Å². The minimum atomic E-state index is 0.330. The van der Waals surface area contributed by atoms with Gasteiger partial charge in [0.25, 0.3) is 0 Å². The van der Waals surface area contributed by atoms with Crippen LogP contribution in [0, 0.1) is 0 Å². The van der Waals surface area contributed by atoms with Gasteiger partial charge in [-0.1, -0.05) is 0 Å². The van der Waals surface area contributed by atoms with Crippen LogP contribution in [-0.2, 0) is 14.3 Å². The van der Waals surface area contributed by atoms with Crippen molar-refractivity contribution in [3.8, 4) is 0 Å². The molecule has 4 heteroatoms. The van der Waals surface area contributed by atoms with Crippen molar-refractivity contribution in [1.82, 2.24) is 0 Å². The molecule has 0 aromatic heterocycles. The van der Waals surface area contributed by atoms with E-state index in [1.807, 2.05) is 0 Å². The Morgan fingerprint density at radius 3 is 2.27 bits per heavy atom. The lowest BCUT2D eigenvalue weighted by Gasteiger charge is -2.01. The van der Waals surface area contributed by atoms with Crippen molar-refractivity contribution < 1.29 is 14.3 Å². The van der Waals surface area contributed by atoms with Gasteiger partial charge in [-0.15, -0.1) is 0 Å². The maximum Gasteiger partial charge on any atom is 0.200 e. The zero-order valence-electron chi connectivity index (χ0n) is 6.54. The molecule has 0 amide bonds. The summed E-state index contributed by atoms with van der Waals surface area (Å²) in [7, 11) is 0. The number of hydrogen-bond donors (Lipinski definition) is 1. The first-order valence-corrected chi connectivity index (χ1v) is 3.62. The summed E-state index contributed by atoms with van der Waals surface area (Å²) in [6.45, 7) is 2.57. The smallest absolute Gasteiger partial charge is 0.200 e. The molecule has 0 aliphatic rings. The fourth-order valence-electron chi connectivity index (χ4n) is 0.519. The topological polar surface area (TPSA) is 61.6 Å². The van der Waals surface area contributed by atoms with Gasteiger partial charge in [0.05, 0.1) is 26.4 Å². The van der Waals surface area contributed by atoms with Gasteiger partial charge in [-0.25, -0.2) is 0 Å². The number of rotatable bonds is 8. The van der Waals surface area contributed by atoms with Crippen LogP contribution in [0.4, 0.5) is 0 Å². The number of hydrogen-bond acceptors (Lipinski definition) is 4. The van der Waals surface area contributed by atoms with E-state index in [1.54, 1.807) is 6.29 Å². The Balaban J connectivity index is 2.74. The van der Waals surface area contributed by atoms with E-state index in [2.05, 4.69) is 0 Å². The predicted octanol–water partition coefficient (Wildman–Crippen LogP) is -0.522. The number of ether oxygens (including phenoxy) is 2. The van der Waals surface area contributed by atoms with E-state index in [0.717, 1.165) is 0 Å². The highest BCUT2D eigenvalue weighted by molar-refractivity contribution is 5.50. The Hall–Kier alpha value is -0.450. The van der Waals surface area contributed by atoms with E-state index in [-0.39, 0.29) is 0 Å². The van der Waals surface area contributed by atoms with Crippen LogP contribution >= 0.6 is 0 Å². The van der Waals surface area contributed by atoms with Crippen LogP contribution in [0.25, 0.3) is 0 Å². The van der Waals surface area contributed by atoms with Crippen molar-refractivity contribution in [2.75, 3.05) is 33.0 Å². The molecular formula is C7H14NO3. The molecule has 0 heterocycles. The average Bonchev–Trinajstić information content (AvgIpc) is 2.03. The van der Waals surface area contributed by atoms with Crippen LogP contribution in [0.2, 0.25) is 0 Å². The van der Waals surface area contributed by atoms with Crippen LogP contribution < -0.4 is 5.73 Å². The van der Waals surface area contributed by atoms with Gasteiger partial charge in [-0.05, 0) is 0 Å². The second-order valence-electron chi connectivity index (χ2n) is 1.91. The first kappa shape index (κ1) is 10.6. The summed E-state index contributed by atoms with van der Waals surface area (Å²) in [5.74, 6) is 0. The van der Waals surface area contributed by atoms with E-state index in [9.17, 15) is 4.79 Å². The first-order chi connectivity index (χ1) is 5.41. The molecule has 0 aromatic carbocycles. The summed E-state index contributed by atoms with van der Waals surface area (Å²) in [4.78, 5) is 9.69. The summed E-state index contributed by atoms with van der Waals surface area (Å²) >= 11 is 0. The summed E-state index contributed by atoms with van der Waals surface area (Å²) in [5.41, 5.74) is 5.17. The molecule has 1 radical (unpaired) electrons. The van der Waals surface area contributed by atoms with Crippen LogP contribution in [0.3, 0.4) is 0 Å². The van der Waals surface area contributed by atoms with Crippen molar-refractivity contribution >= 4 is 6.29 Å². The molecule has 11 heavy (non-hydrogen) atoms. The van der Waals surface area contributed by atoms with Crippen molar-refractivity contribution in [3.05, 3.63) is 0 Å². The molecule has 0 rings (SSSR count). The second kappa shape index (κ2) is 9.55. The highest BCUT2D eigenvalue weighted by atomic mass is 16.5. The van der Waals surface area contributed by atoms with Crippen molar-refractivity contribution in [3.63, 3.8) is 0 Å². The summed E-state index contributed by atoms with van der Waals surface area (Å²) in [5, 5.41) is 0. The van der Waals surface area contributed by atoms with E-state index in [0.29, 0.717) is 39.4 Å². The van der Waals surface area contributed by atoms with E-state index >= 15 is 0 Å². The average molecular weight is 160 g/mol. The molecule has 0 spiro atoms. The van der Waals surface area contributed by atoms with E-state index in [4.69, 9.17) is 15.2 Å². The second-order valence-corrected chi connectivity index (χ2v) is 1.91. The lowest BCUT2D eigenvalue weighted by atomic mass is 10.5. The zero-order chi connectivity index (χ0) is 8.36. The van der Waals surface area contributed by atoms with E-state index in [1.165, 1.54) is 0 Å². The Bertz CT molecular complexity index is 87.8. The normalized spacial score (nSPS) is 9.91. The standard InChI is InChI=1S/C7H14NO3/c8-2-5-11-7-6-10-4-1-3-9/h1-2,4-8H2. The fourth-order valence-corrected chi connectivity index (χ4v) is 0.519. The lowest BCUT2D eigenvalue weighted by Crippen LogP contribution is -2.12. The number of nitrogens with two attached hydrogens (primary N) is 1. The molecule has 0 bridgehead atoms. The minimum absolute atomic E-state index is 0.330. The summed E-state index contributed by atoms with van der Waals surface area (Å²) < 4.78 is 10.0. The van der Waals surface area contributed by atoms with Gasteiger partial charge in [-0.3, -0.25) is 4.79 Å². The summed E-state index contributed by atoms with van der Waals surface area (Å²) in [6, 6.07) is 0. The van der Waals surface area contributed by atoms with Crippen LogP contribution in [-0.4, -0.2) is 39.3 Å². The minimum Gasteiger partial charge on any atom is -0.379 e. The monoisotopic (exact) mass is 160 g/mol. The zero-order valence-corrected chi connectivity index (χ0v) is 6.54. The highest BCUT2D eigenvalue weighted by Gasteiger charge is 1.88. The molecule has 0 unspecified atom stereocenters. The molecule has 65 valence electrons. The Morgan fingerprint density at radius 2 is 1.73 bits per heavy atom. The molecule has 0 aliphatic carbocycles. The van der Waals surface area contributed by atoms with Crippen LogP contribution in [0.5, 0.6) is 0 Å². The third-order valence-corrected chi connectivity index (χ3v) is 0.983. The first-order valence-electron chi connectivity index (χ1n) is 3.62. The molecular weight excluding hydrogens is 146 g/mol. The van der Waals surface area contributed by atoms with Crippen molar-refractivity contribution in [2.45, 2.75) is 6.42 Å². The van der Waals surface area contributed by atoms with Crippen molar-refractivity contribution in [2.24, 2.45) is 5.73 Å². The molecule has 0 saturated carbocycles. The fraction of sp³-hybridized carbons (Fsp3) is 0.857. The third kappa shape index (κ3) is 9.55. The third-order valence-electron chi connectivity index (χ3n) is 0.983. The van der Waals surface area contributed by atoms with Crippen LogP contribution in [0.15, 0.2) is 0 Å². The van der Waals surface area contributed by atoms with Gasteiger partial charge >= 0.3 is 0 Å². The molecule has 0 saturated heterocycles. The molecule has 0 aliphatic heterocycles. The Kier molecular flexibility index (Phi) is 9.16. The molecule has 0 atom stereocenters. The van der Waals surface area contributed by atoms with Gasteiger partial charge in [0.15, 0.2) is 0 Å². The quantitative estimate of drug-likeness (QED) is 0.485. The maximum atomic E-state index is 9.69. The molecule has 2 N–H and O–H groups in total. The van der Waals surface area contributed by atoms with Gasteiger partial charge in [0, 0.05) is 13.0 Å². The number of carbonyl (C=O) groups excluding carboxylic acids is 1. The Labute approximate surface area is 66.7 Å². The predicted molar refractivity (Wildman–Crippen MR) is 41.0 cm³/mol. The molecule has 0 aromatic rings. The van der Waals surface area contributed by atoms with Crippen molar-refractivity contribution in [1.29, 1.82) is 0 Å². The maximum absolute atomic E-state index is 9.69.